The normalized spacial score (nSPS) is 13.2. The first-order chi connectivity index (χ1) is 14.7. The molecule has 0 aliphatic carbocycles. The van der Waals surface area contributed by atoms with Crippen LogP contribution in [0.2, 0.25) is 0 Å². The Morgan fingerprint density at radius 1 is 1.13 bits per heavy atom. The standard InChI is InChI=1S/C24H24N2O5/c1-24(2,3)23(29)26-11-10-14-8-9-16(13-18(14)26)25-21(27)17-12-15-6-5-7-19(30-4)20(15)31-22(17)28/h5-9,12-13H,10-11H2,1-4H3,(H,25,27). The molecule has 7 nitrogen and oxygen atoms in total. The molecule has 2 amide bonds. The number of amides is 2. The summed E-state index contributed by atoms with van der Waals surface area (Å²) in [4.78, 5) is 39.8. The molecule has 0 radical (unpaired) electrons. The van der Waals surface area contributed by atoms with E-state index in [1.165, 1.54) is 13.2 Å². The number of fused-ring (bicyclic) bond motifs is 2. The molecule has 1 aliphatic heterocycles. The van der Waals surface area contributed by atoms with Crippen molar-refractivity contribution in [2.45, 2.75) is 27.2 Å². The van der Waals surface area contributed by atoms with Crippen LogP contribution in [0.3, 0.4) is 0 Å². The van der Waals surface area contributed by atoms with Crippen LogP contribution in [-0.4, -0.2) is 25.5 Å². The first kappa shape index (κ1) is 20.7. The number of rotatable bonds is 3. The van der Waals surface area contributed by atoms with Crippen LogP contribution >= 0.6 is 0 Å². The van der Waals surface area contributed by atoms with Crippen molar-refractivity contribution in [3.8, 4) is 5.75 Å². The van der Waals surface area contributed by atoms with Gasteiger partial charge in [0, 0.05) is 28.7 Å². The molecular formula is C24H24N2O5. The van der Waals surface area contributed by atoms with Gasteiger partial charge in [0.1, 0.15) is 5.56 Å². The average Bonchev–Trinajstić information content (AvgIpc) is 3.14. The molecule has 0 bridgehead atoms. The van der Waals surface area contributed by atoms with Gasteiger partial charge in [-0.25, -0.2) is 4.79 Å². The highest BCUT2D eigenvalue weighted by Gasteiger charge is 2.32. The smallest absolute Gasteiger partial charge is 0.349 e. The Balaban J connectivity index is 1.64. The molecule has 1 aromatic heterocycles. The largest absolute Gasteiger partial charge is 0.493 e. The van der Waals surface area contributed by atoms with Gasteiger partial charge in [-0.2, -0.15) is 0 Å². The molecule has 0 unspecified atom stereocenters. The molecule has 2 aromatic carbocycles. The molecule has 1 aliphatic rings. The predicted molar refractivity (Wildman–Crippen MR) is 119 cm³/mol. The third-order valence-electron chi connectivity index (χ3n) is 5.31. The zero-order chi connectivity index (χ0) is 22.3. The molecule has 2 heterocycles. The van der Waals surface area contributed by atoms with E-state index in [-0.39, 0.29) is 11.5 Å². The highest BCUT2D eigenvalue weighted by molar-refractivity contribution is 6.06. The number of methoxy groups -OCH3 is 1. The van der Waals surface area contributed by atoms with Crippen molar-refractivity contribution in [1.29, 1.82) is 0 Å². The third-order valence-corrected chi connectivity index (χ3v) is 5.31. The van der Waals surface area contributed by atoms with Gasteiger partial charge in [0.15, 0.2) is 11.3 Å². The van der Waals surface area contributed by atoms with Gasteiger partial charge >= 0.3 is 5.63 Å². The Hall–Kier alpha value is -3.61. The molecule has 0 atom stereocenters. The fourth-order valence-electron chi connectivity index (χ4n) is 3.71. The number of para-hydroxylation sites is 1. The Bertz CT molecular complexity index is 1250. The van der Waals surface area contributed by atoms with E-state index in [1.807, 2.05) is 26.8 Å². The van der Waals surface area contributed by atoms with Crippen LogP contribution < -0.4 is 20.6 Å². The molecule has 0 saturated heterocycles. The Morgan fingerprint density at radius 3 is 2.61 bits per heavy atom. The van der Waals surface area contributed by atoms with Crippen molar-refractivity contribution in [1.82, 2.24) is 0 Å². The minimum atomic E-state index is -0.750. The number of nitrogens with zero attached hydrogens (tertiary/aromatic N) is 1. The fourth-order valence-corrected chi connectivity index (χ4v) is 3.71. The summed E-state index contributed by atoms with van der Waals surface area (Å²) in [6, 6.07) is 12.1. The molecule has 4 rings (SSSR count). The van der Waals surface area contributed by atoms with Gasteiger partial charge in [0.25, 0.3) is 5.91 Å². The minimum absolute atomic E-state index is 0.0267. The SMILES string of the molecule is COc1cccc2cc(C(=O)Nc3ccc4c(c3)N(C(=O)C(C)(C)C)CC4)c(=O)oc12. The number of carbonyl (C=O) groups is 2. The quantitative estimate of drug-likeness (QED) is 0.647. The fraction of sp³-hybridized carbons (Fsp3) is 0.292. The van der Waals surface area contributed by atoms with E-state index < -0.39 is 16.9 Å². The molecule has 160 valence electrons. The lowest BCUT2D eigenvalue weighted by molar-refractivity contribution is -0.125. The summed E-state index contributed by atoms with van der Waals surface area (Å²) in [7, 11) is 1.48. The lowest BCUT2D eigenvalue weighted by Crippen LogP contribution is -2.38. The highest BCUT2D eigenvalue weighted by Crippen LogP contribution is 2.34. The van der Waals surface area contributed by atoms with Crippen LogP contribution in [-0.2, 0) is 11.2 Å². The van der Waals surface area contributed by atoms with Crippen LogP contribution in [0.15, 0.2) is 51.7 Å². The maximum atomic E-state index is 12.8. The first-order valence-corrected chi connectivity index (χ1v) is 10.1. The molecule has 3 aromatic rings. The van der Waals surface area contributed by atoms with E-state index in [9.17, 15) is 14.4 Å². The highest BCUT2D eigenvalue weighted by atomic mass is 16.5. The summed E-state index contributed by atoms with van der Waals surface area (Å²) in [5.41, 5.74) is 1.26. The van der Waals surface area contributed by atoms with Gasteiger partial charge in [0.2, 0.25) is 5.91 Å². The van der Waals surface area contributed by atoms with Gasteiger partial charge < -0.3 is 19.4 Å². The molecule has 0 fully saturated rings. The van der Waals surface area contributed by atoms with Crippen molar-refractivity contribution < 1.29 is 18.7 Å². The molecule has 7 heteroatoms. The summed E-state index contributed by atoms with van der Waals surface area (Å²) in [6.45, 7) is 6.26. The summed E-state index contributed by atoms with van der Waals surface area (Å²) >= 11 is 0. The number of nitrogens with one attached hydrogen (secondary N) is 1. The average molecular weight is 420 g/mol. The van der Waals surface area contributed by atoms with Crippen molar-refractivity contribution in [3.63, 3.8) is 0 Å². The van der Waals surface area contributed by atoms with E-state index in [0.29, 0.717) is 29.0 Å². The second-order valence-corrected chi connectivity index (χ2v) is 8.58. The summed E-state index contributed by atoms with van der Waals surface area (Å²) < 4.78 is 10.5. The second kappa shape index (κ2) is 7.58. The van der Waals surface area contributed by atoms with Crippen LogP contribution in [0, 0.1) is 5.41 Å². The van der Waals surface area contributed by atoms with Crippen molar-refractivity contribution in [3.05, 3.63) is 64.0 Å². The molecule has 0 saturated carbocycles. The van der Waals surface area contributed by atoms with E-state index in [1.54, 1.807) is 35.2 Å². The van der Waals surface area contributed by atoms with E-state index in [0.717, 1.165) is 17.7 Å². The van der Waals surface area contributed by atoms with Gasteiger partial charge in [-0.15, -0.1) is 0 Å². The van der Waals surface area contributed by atoms with E-state index >= 15 is 0 Å². The number of hydrogen-bond donors (Lipinski definition) is 1. The lowest BCUT2D eigenvalue weighted by atomic mass is 9.94. The van der Waals surface area contributed by atoms with Gasteiger partial charge in [-0.1, -0.05) is 39.0 Å². The topological polar surface area (TPSA) is 88.9 Å². The van der Waals surface area contributed by atoms with Crippen LogP contribution in [0.5, 0.6) is 5.75 Å². The van der Waals surface area contributed by atoms with Crippen LogP contribution in [0.25, 0.3) is 11.0 Å². The molecule has 31 heavy (non-hydrogen) atoms. The van der Waals surface area contributed by atoms with Gasteiger partial charge in [-0.3, -0.25) is 9.59 Å². The third kappa shape index (κ3) is 3.79. The molecule has 1 N–H and O–H groups in total. The van der Waals surface area contributed by atoms with E-state index in [4.69, 9.17) is 9.15 Å². The maximum Gasteiger partial charge on any atom is 0.349 e. The summed E-state index contributed by atoms with van der Waals surface area (Å²) in [5.74, 6) is -0.132. The Kier molecular flexibility index (Phi) is 5.05. The Labute approximate surface area is 179 Å². The summed E-state index contributed by atoms with van der Waals surface area (Å²) in [5, 5.41) is 3.34. The summed E-state index contributed by atoms with van der Waals surface area (Å²) in [6.07, 6.45) is 0.765. The predicted octanol–water partition coefficient (Wildman–Crippen LogP) is 3.99. The zero-order valence-electron chi connectivity index (χ0n) is 17.9. The Morgan fingerprint density at radius 2 is 1.90 bits per heavy atom. The molecular weight excluding hydrogens is 396 g/mol. The molecule has 0 spiro atoms. The van der Waals surface area contributed by atoms with Crippen molar-refractivity contribution >= 4 is 34.2 Å². The van der Waals surface area contributed by atoms with Gasteiger partial charge in [-0.05, 0) is 36.2 Å². The minimum Gasteiger partial charge on any atom is -0.493 e. The zero-order valence-corrected chi connectivity index (χ0v) is 17.9. The van der Waals surface area contributed by atoms with Crippen LogP contribution in [0.4, 0.5) is 11.4 Å². The number of benzene rings is 2. The first-order valence-electron chi connectivity index (χ1n) is 10.1. The van der Waals surface area contributed by atoms with Gasteiger partial charge in [0.05, 0.1) is 7.11 Å². The lowest BCUT2D eigenvalue weighted by Gasteiger charge is -2.26. The monoisotopic (exact) mass is 420 g/mol. The number of anilines is 2. The number of hydrogen-bond acceptors (Lipinski definition) is 5. The number of ether oxygens (including phenoxy) is 1. The van der Waals surface area contributed by atoms with Crippen molar-refractivity contribution in [2.24, 2.45) is 5.41 Å². The number of carbonyl (C=O) groups excluding carboxylic acids is 2. The van der Waals surface area contributed by atoms with Crippen molar-refractivity contribution in [2.75, 3.05) is 23.9 Å². The van der Waals surface area contributed by atoms with E-state index in [2.05, 4.69) is 5.32 Å². The van der Waals surface area contributed by atoms with Crippen LogP contribution in [0.1, 0.15) is 36.7 Å². The maximum absolute atomic E-state index is 12.8. The second-order valence-electron chi connectivity index (χ2n) is 8.58.